The Morgan fingerprint density at radius 2 is 0.929 bits per heavy atom. The molecule has 1 nitrogen and oxygen atoms in total. The molecule has 0 saturated carbocycles. The molecule has 202 valence electrons. The highest BCUT2D eigenvalue weighted by Crippen LogP contribution is 2.46. The van der Waals surface area contributed by atoms with Crippen LogP contribution in [-0.2, 0) is 0 Å². The minimum atomic E-state index is -0.851. The zero-order valence-electron chi connectivity index (χ0n) is 23.5. The Bertz CT molecular complexity index is 1930. The molecule has 0 fully saturated rings. The summed E-state index contributed by atoms with van der Waals surface area (Å²) in [4.78, 5) is 0. The van der Waals surface area contributed by atoms with Crippen molar-refractivity contribution in [3.8, 4) is 16.9 Å². The predicted molar refractivity (Wildman–Crippen MR) is 181 cm³/mol. The van der Waals surface area contributed by atoms with E-state index in [9.17, 15) is 0 Å². The summed E-state index contributed by atoms with van der Waals surface area (Å²) in [5, 5.41) is 8.85. The van der Waals surface area contributed by atoms with E-state index >= 15 is 0 Å². The highest BCUT2D eigenvalue weighted by molar-refractivity contribution is 7.80. The minimum absolute atomic E-state index is 0.103. The standard InChI is InChI=1S/C40H31OP/c1-29(30-15-5-2-6-16-30)41-37-27-25-31-17-11-13-23-35(31)39(37)40-36-24-14-12-18-32(36)26-28-38(40)42(33-19-7-3-8-20-33)34-21-9-4-10-22-34/h2-29H,1H3/t29-/m0/s1. The predicted octanol–water partition coefficient (Wildman–Crippen LogP) is 9.56. The van der Waals surface area contributed by atoms with Gasteiger partial charge in [0, 0.05) is 11.1 Å². The normalized spacial score (nSPS) is 12.0. The largest absolute Gasteiger partial charge is 0.485 e. The van der Waals surface area contributed by atoms with Crippen LogP contribution in [0.15, 0.2) is 164 Å². The first kappa shape index (κ1) is 26.2. The molecule has 1 atom stereocenters. The van der Waals surface area contributed by atoms with Crippen LogP contribution in [0.2, 0.25) is 0 Å². The minimum Gasteiger partial charge on any atom is -0.485 e. The van der Waals surface area contributed by atoms with E-state index in [0.717, 1.165) is 16.9 Å². The summed E-state index contributed by atoms with van der Waals surface area (Å²) in [5.74, 6) is 0.902. The van der Waals surface area contributed by atoms with Crippen molar-refractivity contribution in [1.29, 1.82) is 0 Å². The second-order valence-corrected chi connectivity index (χ2v) is 12.7. The van der Waals surface area contributed by atoms with Crippen molar-refractivity contribution in [1.82, 2.24) is 0 Å². The molecular weight excluding hydrogens is 527 g/mol. The van der Waals surface area contributed by atoms with Crippen LogP contribution in [0.4, 0.5) is 0 Å². The Balaban J connectivity index is 1.55. The molecule has 0 bridgehead atoms. The van der Waals surface area contributed by atoms with Crippen molar-refractivity contribution in [2.24, 2.45) is 0 Å². The Hall–Kier alpha value is -4.71. The van der Waals surface area contributed by atoms with Crippen molar-refractivity contribution in [3.63, 3.8) is 0 Å². The van der Waals surface area contributed by atoms with Crippen molar-refractivity contribution < 1.29 is 4.74 Å². The van der Waals surface area contributed by atoms with E-state index in [1.54, 1.807) is 0 Å². The van der Waals surface area contributed by atoms with Crippen molar-refractivity contribution >= 4 is 45.4 Å². The Morgan fingerprint density at radius 3 is 1.52 bits per heavy atom. The highest BCUT2D eigenvalue weighted by Gasteiger charge is 2.25. The lowest BCUT2D eigenvalue weighted by atomic mass is 9.93. The third-order valence-corrected chi connectivity index (χ3v) is 10.4. The third kappa shape index (κ3) is 4.98. The zero-order chi connectivity index (χ0) is 28.3. The van der Waals surface area contributed by atoms with Crippen LogP contribution in [0.5, 0.6) is 5.75 Å². The first-order valence-electron chi connectivity index (χ1n) is 14.4. The molecule has 0 N–H and O–H groups in total. The summed E-state index contributed by atoms with van der Waals surface area (Å²) < 4.78 is 6.90. The van der Waals surface area contributed by atoms with Gasteiger partial charge in [-0.15, -0.1) is 0 Å². The molecular formula is C40H31OP. The van der Waals surface area contributed by atoms with Gasteiger partial charge in [-0.2, -0.15) is 0 Å². The van der Waals surface area contributed by atoms with Crippen LogP contribution in [0.25, 0.3) is 32.7 Å². The van der Waals surface area contributed by atoms with Crippen LogP contribution in [0.1, 0.15) is 18.6 Å². The summed E-state index contributed by atoms with van der Waals surface area (Å²) in [6.45, 7) is 2.14. The van der Waals surface area contributed by atoms with Gasteiger partial charge in [0.25, 0.3) is 0 Å². The Morgan fingerprint density at radius 1 is 0.452 bits per heavy atom. The van der Waals surface area contributed by atoms with Gasteiger partial charge >= 0.3 is 0 Å². The van der Waals surface area contributed by atoms with E-state index in [1.165, 1.54) is 43.0 Å². The monoisotopic (exact) mass is 558 g/mol. The lowest BCUT2D eigenvalue weighted by Crippen LogP contribution is -2.22. The van der Waals surface area contributed by atoms with Crippen molar-refractivity contribution in [2.45, 2.75) is 13.0 Å². The molecule has 0 aromatic heterocycles. The molecule has 0 radical (unpaired) electrons. The van der Waals surface area contributed by atoms with Crippen LogP contribution in [0.3, 0.4) is 0 Å². The van der Waals surface area contributed by atoms with Crippen molar-refractivity contribution in [2.75, 3.05) is 0 Å². The van der Waals surface area contributed by atoms with Crippen LogP contribution < -0.4 is 20.7 Å². The summed E-state index contributed by atoms with van der Waals surface area (Å²) in [6, 6.07) is 58.8. The second kappa shape index (κ2) is 11.6. The molecule has 0 saturated heterocycles. The first-order chi connectivity index (χ1) is 20.8. The fraction of sp³-hybridized carbons (Fsp3) is 0.0500. The fourth-order valence-electron chi connectivity index (χ4n) is 5.88. The van der Waals surface area contributed by atoms with E-state index in [1.807, 2.05) is 0 Å². The highest BCUT2D eigenvalue weighted by atomic mass is 31.1. The molecule has 0 heterocycles. The molecule has 7 aromatic rings. The van der Waals surface area contributed by atoms with E-state index in [-0.39, 0.29) is 6.10 Å². The zero-order valence-corrected chi connectivity index (χ0v) is 24.4. The maximum atomic E-state index is 6.90. The summed E-state index contributed by atoms with van der Waals surface area (Å²) in [6.07, 6.45) is -0.103. The molecule has 0 amide bonds. The molecule has 2 heteroatoms. The van der Waals surface area contributed by atoms with Gasteiger partial charge in [-0.05, 0) is 63.9 Å². The van der Waals surface area contributed by atoms with Crippen LogP contribution >= 0.6 is 7.92 Å². The van der Waals surface area contributed by atoms with Gasteiger partial charge in [0.15, 0.2) is 0 Å². The average Bonchev–Trinajstić information content (AvgIpc) is 3.06. The van der Waals surface area contributed by atoms with Crippen LogP contribution in [-0.4, -0.2) is 0 Å². The van der Waals surface area contributed by atoms with Gasteiger partial charge in [0.05, 0.1) is 0 Å². The summed E-state index contributed by atoms with van der Waals surface area (Å²) in [7, 11) is -0.851. The molecule has 7 rings (SSSR count). The van der Waals surface area contributed by atoms with Crippen molar-refractivity contribution in [3.05, 3.63) is 169 Å². The van der Waals surface area contributed by atoms with Gasteiger partial charge in [0.2, 0.25) is 0 Å². The summed E-state index contributed by atoms with van der Waals surface area (Å²) in [5.41, 5.74) is 3.56. The quantitative estimate of drug-likeness (QED) is 0.177. The van der Waals surface area contributed by atoms with E-state index in [2.05, 4.69) is 171 Å². The Labute approximate surface area is 248 Å². The third-order valence-electron chi connectivity index (χ3n) is 7.89. The average molecular weight is 559 g/mol. The lowest BCUT2D eigenvalue weighted by molar-refractivity contribution is 0.228. The molecule has 0 aliphatic carbocycles. The van der Waals surface area contributed by atoms with Gasteiger partial charge in [-0.1, -0.05) is 158 Å². The summed E-state index contributed by atoms with van der Waals surface area (Å²) >= 11 is 0. The fourth-order valence-corrected chi connectivity index (χ4v) is 8.36. The number of hydrogen-bond acceptors (Lipinski definition) is 1. The number of ether oxygens (including phenoxy) is 1. The number of benzene rings is 7. The maximum absolute atomic E-state index is 6.90. The molecule has 0 aliphatic heterocycles. The van der Waals surface area contributed by atoms with Gasteiger partial charge in [0.1, 0.15) is 11.9 Å². The first-order valence-corrected chi connectivity index (χ1v) is 15.8. The Kier molecular flexibility index (Phi) is 7.27. The number of fused-ring (bicyclic) bond motifs is 2. The number of rotatable bonds is 7. The molecule has 0 spiro atoms. The smallest absolute Gasteiger partial charge is 0.128 e. The number of hydrogen-bond donors (Lipinski definition) is 0. The van der Waals surface area contributed by atoms with E-state index < -0.39 is 7.92 Å². The van der Waals surface area contributed by atoms with Gasteiger partial charge < -0.3 is 4.74 Å². The molecule has 42 heavy (non-hydrogen) atoms. The van der Waals surface area contributed by atoms with E-state index in [0.29, 0.717) is 0 Å². The molecule has 7 aromatic carbocycles. The maximum Gasteiger partial charge on any atom is 0.128 e. The SMILES string of the molecule is C[C@H](Oc1ccc2ccccc2c1-c1c(P(c2ccccc2)c2ccccc2)ccc2ccccc12)c1ccccc1. The van der Waals surface area contributed by atoms with Crippen LogP contribution in [0, 0.1) is 0 Å². The lowest BCUT2D eigenvalue weighted by Gasteiger charge is -2.26. The molecule has 0 aliphatic rings. The van der Waals surface area contributed by atoms with Gasteiger partial charge in [-0.25, -0.2) is 0 Å². The second-order valence-electron chi connectivity index (χ2n) is 10.5. The van der Waals surface area contributed by atoms with Gasteiger partial charge in [-0.3, -0.25) is 0 Å². The van der Waals surface area contributed by atoms with E-state index in [4.69, 9.17) is 4.74 Å². The topological polar surface area (TPSA) is 9.23 Å². The molecule has 0 unspecified atom stereocenters.